The van der Waals surface area contributed by atoms with Crippen molar-refractivity contribution in [3.63, 3.8) is 0 Å². The second kappa shape index (κ2) is 6.19. The molecule has 0 bridgehead atoms. The molecule has 0 amide bonds. The molecule has 0 aliphatic heterocycles. The molecule has 0 aliphatic carbocycles. The number of hydrogen-bond acceptors (Lipinski definition) is 3. The Labute approximate surface area is 117 Å². The number of ether oxygens (including phenoxy) is 1. The van der Waals surface area contributed by atoms with Gasteiger partial charge < -0.3 is 9.30 Å². The number of pyridine rings is 1. The van der Waals surface area contributed by atoms with E-state index in [4.69, 9.17) is 4.74 Å². The van der Waals surface area contributed by atoms with Crippen LogP contribution in [0, 0.1) is 0 Å². The third-order valence-electron chi connectivity index (χ3n) is 2.78. The lowest BCUT2D eigenvalue weighted by molar-refractivity contribution is 0.0378. The van der Waals surface area contributed by atoms with Gasteiger partial charge in [-0.1, -0.05) is 18.2 Å². The van der Waals surface area contributed by atoms with Crippen LogP contribution < -0.4 is 5.56 Å². The van der Waals surface area contributed by atoms with Crippen molar-refractivity contribution < 1.29 is 9.53 Å². The molecule has 0 fully saturated rings. The molecule has 1 heterocycles. The number of nitrogens with zero attached hydrogens (tertiary/aromatic N) is 1. The molecule has 4 heteroatoms. The smallest absolute Gasteiger partial charge is 0.338 e. The van der Waals surface area contributed by atoms with Crippen molar-refractivity contribution in [3.8, 4) is 0 Å². The van der Waals surface area contributed by atoms with E-state index in [1.54, 1.807) is 29.0 Å². The summed E-state index contributed by atoms with van der Waals surface area (Å²) in [5.74, 6) is -0.330. The molecular weight excluding hydrogens is 254 g/mol. The first-order valence-electron chi connectivity index (χ1n) is 6.51. The van der Waals surface area contributed by atoms with E-state index in [0.717, 1.165) is 5.56 Å². The van der Waals surface area contributed by atoms with Crippen molar-refractivity contribution >= 4 is 5.97 Å². The third-order valence-corrected chi connectivity index (χ3v) is 2.78. The van der Waals surface area contributed by atoms with E-state index < -0.39 is 0 Å². The summed E-state index contributed by atoms with van der Waals surface area (Å²) >= 11 is 0. The predicted octanol–water partition coefficient (Wildman–Crippen LogP) is 2.46. The van der Waals surface area contributed by atoms with E-state index in [1.807, 2.05) is 32.0 Å². The molecule has 1 aromatic heterocycles. The Morgan fingerprint density at radius 3 is 2.45 bits per heavy atom. The molecule has 2 aromatic rings. The first-order valence-corrected chi connectivity index (χ1v) is 6.51. The molecule has 0 spiro atoms. The van der Waals surface area contributed by atoms with Crippen molar-refractivity contribution in [2.24, 2.45) is 0 Å². The zero-order valence-electron chi connectivity index (χ0n) is 11.6. The Hall–Kier alpha value is -2.36. The van der Waals surface area contributed by atoms with E-state index in [9.17, 15) is 9.59 Å². The van der Waals surface area contributed by atoms with Crippen LogP contribution in [-0.2, 0) is 11.3 Å². The summed E-state index contributed by atoms with van der Waals surface area (Å²) < 4.78 is 6.73. The molecule has 1 aromatic carbocycles. The average molecular weight is 271 g/mol. The van der Waals surface area contributed by atoms with Crippen molar-refractivity contribution in [2.45, 2.75) is 26.5 Å². The fourth-order valence-electron chi connectivity index (χ4n) is 1.82. The van der Waals surface area contributed by atoms with Crippen LogP contribution in [0.3, 0.4) is 0 Å². The minimum Gasteiger partial charge on any atom is -0.459 e. The van der Waals surface area contributed by atoms with Gasteiger partial charge in [0.25, 0.3) is 5.56 Å². The second-order valence-electron chi connectivity index (χ2n) is 4.82. The topological polar surface area (TPSA) is 48.3 Å². The number of carbonyl (C=O) groups is 1. The van der Waals surface area contributed by atoms with Gasteiger partial charge in [-0.3, -0.25) is 4.79 Å². The van der Waals surface area contributed by atoms with E-state index in [-0.39, 0.29) is 17.6 Å². The molecular formula is C16H17NO3. The highest BCUT2D eigenvalue weighted by Gasteiger charge is 2.08. The van der Waals surface area contributed by atoms with Crippen LogP contribution in [0.2, 0.25) is 0 Å². The Bertz CT molecular complexity index is 641. The van der Waals surface area contributed by atoms with Gasteiger partial charge in [0, 0.05) is 12.3 Å². The maximum Gasteiger partial charge on any atom is 0.338 e. The predicted molar refractivity (Wildman–Crippen MR) is 76.8 cm³/mol. The number of benzene rings is 1. The maximum absolute atomic E-state index is 11.7. The van der Waals surface area contributed by atoms with Crippen molar-refractivity contribution in [2.75, 3.05) is 0 Å². The molecule has 4 nitrogen and oxygen atoms in total. The molecule has 0 radical (unpaired) electrons. The number of aromatic nitrogens is 1. The summed E-state index contributed by atoms with van der Waals surface area (Å²) in [6, 6.07) is 12.1. The summed E-state index contributed by atoms with van der Waals surface area (Å²) in [7, 11) is 0. The summed E-state index contributed by atoms with van der Waals surface area (Å²) in [4.78, 5) is 23.3. The van der Waals surface area contributed by atoms with Gasteiger partial charge in [0.05, 0.1) is 18.2 Å². The van der Waals surface area contributed by atoms with Crippen LogP contribution in [0.25, 0.3) is 0 Å². The second-order valence-corrected chi connectivity index (χ2v) is 4.82. The average Bonchev–Trinajstić information content (AvgIpc) is 2.41. The van der Waals surface area contributed by atoms with Crippen LogP contribution in [0.1, 0.15) is 29.8 Å². The van der Waals surface area contributed by atoms with Crippen LogP contribution in [0.4, 0.5) is 0 Å². The number of hydrogen-bond donors (Lipinski definition) is 0. The summed E-state index contributed by atoms with van der Waals surface area (Å²) in [5.41, 5.74) is 1.43. The van der Waals surface area contributed by atoms with Gasteiger partial charge in [0.2, 0.25) is 0 Å². The lowest BCUT2D eigenvalue weighted by Crippen LogP contribution is -2.18. The van der Waals surface area contributed by atoms with Gasteiger partial charge in [-0.2, -0.15) is 0 Å². The molecule has 2 rings (SSSR count). The summed E-state index contributed by atoms with van der Waals surface area (Å²) in [6.45, 7) is 4.11. The normalized spacial score (nSPS) is 10.6. The first-order chi connectivity index (χ1) is 9.56. The highest BCUT2D eigenvalue weighted by molar-refractivity contribution is 5.89. The number of esters is 1. The molecule has 0 saturated carbocycles. The zero-order chi connectivity index (χ0) is 14.5. The molecule has 0 aliphatic rings. The molecule has 20 heavy (non-hydrogen) atoms. The summed E-state index contributed by atoms with van der Waals surface area (Å²) in [6.07, 6.45) is 1.61. The zero-order valence-corrected chi connectivity index (χ0v) is 11.6. The minimum atomic E-state index is -0.330. The van der Waals surface area contributed by atoms with Crippen LogP contribution in [0.5, 0.6) is 0 Å². The number of rotatable bonds is 4. The molecule has 0 atom stereocenters. The lowest BCUT2D eigenvalue weighted by atomic mass is 10.1. The molecule has 0 unspecified atom stereocenters. The maximum atomic E-state index is 11.7. The summed E-state index contributed by atoms with van der Waals surface area (Å²) in [5, 5.41) is 0. The number of carbonyl (C=O) groups excluding carboxylic acids is 1. The fraction of sp³-hybridized carbons (Fsp3) is 0.250. The van der Waals surface area contributed by atoms with E-state index in [0.29, 0.717) is 12.1 Å². The fourth-order valence-corrected chi connectivity index (χ4v) is 1.82. The molecule has 0 saturated heterocycles. The highest BCUT2D eigenvalue weighted by Crippen LogP contribution is 2.08. The third kappa shape index (κ3) is 3.57. The molecule has 104 valence electrons. The highest BCUT2D eigenvalue weighted by atomic mass is 16.5. The Morgan fingerprint density at radius 1 is 1.15 bits per heavy atom. The van der Waals surface area contributed by atoms with Crippen molar-refractivity contribution in [3.05, 3.63) is 70.1 Å². The van der Waals surface area contributed by atoms with Crippen LogP contribution >= 0.6 is 0 Å². The van der Waals surface area contributed by atoms with Gasteiger partial charge in [0.1, 0.15) is 0 Å². The van der Waals surface area contributed by atoms with Crippen LogP contribution in [-0.4, -0.2) is 16.6 Å². The monoisotopic (exact) mass is 271 g/mol. The minimum absolute atomic E-state index is 0.0456. The van der Waals surface area contributed by atoms with Crippen molar-refractivity contribution in [1.29, 1.82) is 0 Å². The van der Waals surface area contributed by atoms with E-state index >= 15 is 0 Å². The van der Waals surface area contributed by atoms with Gasteiger partial charge in [-0.15, -0.1) is 0 Å². The standard InChI is InChI=1S/C16H17NO3/c1-12(2)20-16(19)14-8-6-13(7-9-14)11-17-10-4-3-5-15(17)18/h3-10,12H,11H2,1-2H3. The largest absolute Gasteiger partial charge is 0.459 e. The van der Waals surface area contributed by atoms with Crippen molar-refractivity contribution in [1.82, 2.24) is 4.57 Å². The Morgan fingerprint density at radius 2 is 1.85 bits per heavy atom. The lowest BCUT2D eigenvalue weighted by Gasteiger charge is -2.09. The van der Waals surface area contributed by atoms with Gasteiger partial charge in [-0.05, 0) is 37.6 Å². The Kier molecular flexibility index (Phi) is 4.35. The van der Waals surface area contributed by atoms with E-state index in [1.165, 1.54) is 6.07 Å². The van der Waals surface area contributed by atoms with E-state index in [2.05, 4.69) is 0 Å². The molecule has 0 N–H and O–H groups in total. The van der Waals surface area contributed by atoms with Crippen LogP contribution in [0.15, 0.2) is 53.5 Å². The SMILES string of the molecule is CC(C)OC(=O)c1ccc(Cn2ccccc2=O)cc1. The van der Waals surface area contributed by atoms with Gasteiger partial charge >= 0.3 is 5.97 Å². The van der Waals surface area contributed by atoms with Gasteiger partial charge in [0.15, 0.2) is 0 Å². The van der Waals surface area contributed by atoms with Gasteiger partial charge in [-0.25, -0.2) is 4.79 Å². The first kappa shape index (κ1) is 14.1. The Balaban J connectivity index is 2.11. The quantitative estimate of drug-likeness (QED) is 0.803.